The summed E-state index contributed by atoms with van der Waals surface area (Å²) in [4.78, 5) is 27.2. The molecule has 0 saturated carbocycles. The molecule has 0 aromatic heterocycles. The average Bonchev–Trinajstić information content (AvgIpc) is 2.98. The summed E-state index contributed by atoms with van der Waals surface area (Å²) in [5.74, 6) is -2.58. The van der Waals surface area contributed by atoms with E-state index in [1.54, 1.807) is 12.1 Å². The van der Waals surface area contributed by atoms with E-state index < -0.39 is 29.6 Å². The zero-order valence-electron chi connectivity index (χ0n) is 25.1. The van der Waals surface area contributed by atoms with E-state index >= 15 is 0 Å². The van der Waals surface area contributed by atoms with Crippen LogP contribution in [-0.2, 0) is 17.9 Å². The van der Waals surface area contributed by atoms with Crippen LogP contribution in [0.2, 0.25) is 0 Å². The third-order valence-corrected chi connectivity index (χ3v) is 7.77. The van der Waals surface area contributed by atoms with Crippen LogP contribution in [0.3, 0.4) is 0 Å². The SMILES string of the molecule is C=Cc1ccc(N(Cc2cc(F)cc(F)c2)Cc2ccc(C(=O)N[C@@H](CCSC)C(=O)[O-])c(-c3ccccc3C)c2)cc1.[Li+]. The second kappa shape index (κ2) is 16.3. The molecule has 0 unspecified atom stereocenters. The van der Waals surface area contributed by atoms with Crippen molar-refractivity contribution in [1.29, 1.82) is 0 Å². The van der Waals surface area contributed by atoms with Gasteiger partial charge in [0, 0.05) is 30.4 Å². The fourth-order valence-corrected chi connectivity index (χ4v) is 5.38. The molecule has 9 heteroatoms. The standard InChI is InChI=1S/C35H34F2N2O3S.Li/c1-4-24-9-12-29(13-10-24)39(22-26-17-27(36)20-28(37)18-26)21-25-11-14-31(32(19-25)30-8-6-5-7-23(30)2)34(40)38-33(35(41)42)15-16-43-3;/h4-14,17-20,33H,1,15-16,21-22H2,2-3H3,(H,38,40)(H,41,42);/q;+1/p-1/t33-;/m0./s1. The maximum atomic E-state index is 14.1. The molecule has 222 valence electrons. The summed E-state index contributed by atoms with van der Waals surface area (Å²) in [6.45, 7) is 6.34. The fourth-order valence-electron chi connectivity index (χ4n) is 4.91. The molecule has 0 aliphatic rings. The molecule has 5 nitrogen and oxygen atoms in total. The number of nitrogens with zero attached hydrogens (tertiary/aromatic N) is 1. The van der Waals surface area contributed by atoms with Crippen molar-refractivity contribution in [3.05, 3.63) is 131 Å². The van der Waals surface area contributed by atoms with Crippen LogP contribution in [0.4, 0.5) is 14.5 Å². The molecule has 4 aromatic rings. The van der Waals surface area contributed by atoms with E-state index in [1.165, 1.54) is 23.9 Å². The third kappa shape index (κ3) is 9.09. The van der Waals surface area contributed by atoms with Gasteiger partial charge in [0.15, 0.2) is 0 Å². The van der Waals surface area contributed by atoms with Crippen molar-refractivity contribution < 1.29 is 42.3 Å². The molecule has 0 spiro atoms. The number of hydrogen-bond donors (Lipinski definition) is 1. The number of amides is 1. The Bertz CT molecular complexity index is 1590. The first kappa shape index (κ1) is 34.7. The number of benzene rings is 4. The topological polar surface area (TPSA) is 72.5 Å². The second-order valence-corrected chi connectivity index (χ2v) is 11.2. The van der Waals surface area contributed by atoms with Gasteiger partial charge in [0.05, 0.1) is 12.0 Å². The number of thioether (sulfide) groups is 1. The summed E-state index contributed by atoms with van der Waals surface area (Å²) in [6.07, 6.45) is 3.85. The van der Waals surface area contributed by atoms with Crippen LogP contribution >= 0.6 is 11.8 Å². The summed E-state index contributed by atoms with van der Waals surface area (Å²) in [5, 5.41) is 14.4. The number of halogens is 2. The van der Waals surface area contributed by atoms with Crippen molar-refractivity contribution in [2.75, 3.05) is 16.9 Å². The van der Waals surface area contributed by atoms with Crippen LogP contribution in [0.1, 0.15) is 39.0 Å². The van der Waals surface area contributed by atoms with Gasteiger partial charge in [-0.05, 0) is 95.1 Å². The van der Waals surface area contributed by atoms with Crippen molar-refractivity contribution in [3.8, 4) is 11.1 Å². The van der Waals surface area contributed by atoms with Gasteiger partial charge in [-0.3, -0.25) is 4.79 Å². The Kier molecular flexibility index (Phi) is 12.8. The summed E-state index contributed by atoms with van der Waals surface area (Å²) < 4.78 is 28.1. The van der Waals surface area contributed by atoms with Crippen LogP contribution in [-0.4, -0.2) is 29.9 Å². The smallest absolute Gasteiger partial charge is 0.548 e. The summed E-state index contributed by atoms with van der Waals surface area (Å²) in [7, 11) is 0. The van der Waals surface area contributed by atoms with E-state index in [0.29, 0.717) is 29.0 Å². The Balaban J connectivity index is 0.00000529. The molecule has 1 N–H and O–H groups in total. The molecule has 0 fully saturated rings. The van der Waals surface area contributed by atoms with E-state index in [9.17, 15) is 23.5 Å². The molecule has 0 saturated heterocycles. The fraction of sp³-hybridized carbons (Fsp3) is 0.200. The molecule has 0 aliphatic carbocycles. The van der Waals surface area contributed by atoms with Crippen molar-refractivity contribution in [2.24, 2.45) is 0 Å². The van der Waals surface area contributed by atoms with Gasteiger partial charge >= 0.3 is 18.9 Å². The quantitative estimate of drug-likeness (QED) is 0.237. The molecular weight excluding hydrogens is 573 g/mol. The van der Waals surface area contributed by atoms with Gasteiger partial charge in [-0.1, -0.05) is 55.1 Å². The Labute approximate surface area is 273 Å². The first-order chi connectivity index (χ1) is 20.7. The number of rotatable bonds is 13. The number of carboxylic acids is 1. The number of nitrogens with one attached hydrogen (secondary N) is 1. The number of carbonyl (C=O) groups is 2. The molecule has 4 aromatic carbocycles. The Morgan fingerprint density at radius 1 is 0.932 bits per heavy atom. The van der Waals surface area contributed by atoms with Gasteiger partial charge in [-0.2, -0.15) is 11.8 Å². The van der Waals surface area contributed by atoms with E-state index in [-0.39, 0.29) is 31.8 Å². The van der Waals surface area contributed by atoms with E-state index in [2.05, 4.69) is 11.9 Å². The molecule has 0 heterocycles. The number of anilines is 1. The number of aryl methyl sites for hydroxylation is 1. The predicted molar refractivity (Wildman–Crippen MR) is 169 cm³/mol. The average molecular weight is 607 g/mol. The van der Waals surface area contributed by atoms with E-state index in [1.807, 2.05) is 78.7 Å². The molecule has 1 amide bonds. The zero-order chi connectivity index (χ0) is 30.9. The largest absolute Gasteiger partial charge is 1.00 e. The maximum absolute atomic E-state index is 14.1. The second-order valence-electron chi connectivity index (χ2n) is 10.3. The molecule has 4 rings (SSSR count). The van der Waals surface area contributed by atoms with Crippen LogP contribution in [0.25, 0.3) is 17.2 Å². The van der Waals surface area contributed by atoms with E-state index in [0.717, 1.165) is 34.0 Å². The molecule has 44 heavy (non-hydrogen) atoms. The van der Waals surface area contributed by atoms with Gasteiger partial charge in [0.1, 0.15) is 11.6 Å². The summed E-state index contributed by atoms with van der Waals surface area (Å²) in [5.41, 5.74) is 5.84. The van der Waals surface area contributed by atoms with Crippen LogP contribution in [0.5, 0.6) is 0 Å². The van der Waals surface area contributed by atoms with Crippen LogP contribution in [0.15, 0.2) is 91.5 Å². The van der Waals surface area contributed by atoms with Gasteiger partial charge in [0.2, 0.25) is 0 Å². The Morgan fingerprint density at radius 3 is 2.20 bits per heavy atom. The number of hydrogen-bond acceptors (Lipinski definition) is 5. The maximum Gasteiger partial charge on any atom is 1.00 e. The number of carboxylic acid groups (broad SMARTS) is 1. The minimum atomic E-state index is -1.33. The van der Waals surface area contributed by atoms with Crippen molar-refractivity contribution >= 4 is 35.4 Å². The Hall–Kier alpha value is -3.83. The van der Waals surface area contributed by atoms with Crippen molar-refractivity contribution in [3.63, 3.8) is 0 Å². The summed E-state index contributed by atoms with van der Waals surface area (Å²) in [6, 6.07) is 23.1. The first-order valence-electron chi connectivity index (χ1n) is 13.8. The molecule has 0 radical (unpaired) electrons. The van der Waals surface area contributed by atoms with E-state index in [4.69, 9.17) is 0 Å². The predicted octanol–water partition coefficient (Wildman–Crippen LogP) is 3.40. The molecule has 0 bridgehead atoms. The van der Waals surface area contributed by atoms with Gasteiger partial charge < -0.3 is 20.1 Å². The van der Waals surface area contributed by atoms with Gasteiger partial charge in [-0.25, -0.2) is 8.78 Å². The number of aliphatic carboxylic acids is 1. The third-order valence-electron chi connectivity index (χ3n) is 7.13. The zero-order valence-corrected chi connectivity index (χ0v) is 25.9. The molecule has 1 atom stereocenters. The minimum absolute atomic E-state index is 0. The van der Waals surface area contributed by atoms with Crippen molar-refractivity contribution in [2.45, 2.75) is 32.5 Å². The van der Waals surface area contributed by atoms with Crippen LogP contribution < -0.4 is 34.2 Å². The summed E-state index contributed by atoms with van der Waals surface area (Å²) >= 11 is 1.49. The normalized spacial score (nSPS) is 11.3. The van der Waals surface area contributed by atoms with Crippen LogP contribution in [0, 0.1) is 18.6 Å². The van der Waals surface area contributed by atoms with Gasteiger partial charge in [-0.15, -0.1) is 0 Å². The monoisotopic (exact) mass is 606 g/mol. The van der Waals surface area contributed by atoms with Gasteiger partial charge in [0.25, 0.3) is 5.91 Å². The first-order valence-corrected chi connectivity index (χ1v) is 15.2. The van der Waals surface area contributed by atoms with Crippen molar-refractivity contribution in [1.82, 2.24) is 5.32 Å². The minimum Gasteiger partial charge on any atom is -0.548 e. The molecule has 0 aliphatic heterocycles. The Morgan fingerprint density at radius 2 is 1.59 bits per heavy atom. The molecular formula is C35H33F2LiN2O3S. The number of carbonyl (C=O) groups excluding carboxylic acids is 2.